The van der Waals surface area contributed by atoms with E-state index in [9.17, 15) is 28.8 Å². The molecule has 14 nitrogen and oxygen atoms in total. The number of amides is 2. The fourth-order valence-electron chi connectivity index (χ4n) is 2.33. The van der Waals surface area contributed by atoms with E-state index < -0.39 is 56.1 Å². The van der Waals surface area contributed by atoms with Crippen LogP contribution in [0.2, 0.25) is 0 Å². The van der Waals surface area contributed by atoms with Crippen molar-refractivity contribution in [3.8, 4) is 0 Å². The van der Waals surface area contributed by atoms with Crippen molar-refractivity contribution in [2.75, 3.05) is 45.8 Å². The molecule has 0 aliphatic carbocycles. The predicted octanol–water partition coefficient (Wildman–Crippen LogP) is -7.55. The number of carbonyl (C=O) groups is 6. The molecule has 1 rings (SSSR count). The zero-order valence-corrected chi connectivity index (χ0v) is 21.4. The van der Waals surface area contributed by atoms with Crippen LogP contribution in [0.5, 0.6) is 0 Å². The van der Waals surface area contributed by atoms with E-state index in [1.165, 1.54) is 0 Å². The van der Waals surface area contributed by atoms with Crippen LogP contribution in [0.25, 0.3) is 0 Å². The fraction of sp³-hybridized carbons (Fsp3) is 0.600. The number of carboxylic acids is 4. The second-order valence-corrected chi connectivity index (χ2v) is 5.93. The van der Waals surface area contributed by atoms with Crippen LogP contribution >= 0.6 is 0 Å². The first-order valence-corrected chi connectivity index (χ1v) is 8.27. The molecule has 1 saturated heterocycles. The van der Waals surface area contributed by atoms with Gasteiger partial charge in [-0.05, 0) is 6.42 Å². The van der Waals surface area contributed by atoms with Gasteiger partial charge in [0.25, 0.3) is 0 Å². The van der Waals surface area contributed by atoms with Crippen LogP contribution in [0, 0.1) is 0 Å². The Morgan fingerprint density at radius 1 is 0.742 bits per heavy atom. The summed E-state index contributed by atoms with van der Waals surface area (Å²) in [5.41, 5.74) is 0. The van der Waals surface area contributed by atoms with Crippen molar-refractivity contribution in [1.29, 1.82) is 0 Å². The Bertz CT molecular complexity index is 591. The minimum absolute atomic E-state index is 0. The summed E-state index contributed by atoms with van der Waals surface area (Å²) in [4.78, 5) is 65.9. The Hall–Kier alpha value is -1.26. The molecule has 5 N–H and O–H groups in total. The maximum atomic E-state index is 10.6. The number of hydrogen-bond acceptors (Lipinski definition) is 8. The van der Waals surface area contributed by atoms with Gasteiger partial charge in [0, 0.05) is 26.1 Å². The van der Waals surface area contributed by atoms with Crippen molar-refractivity contribution in [3.05, 3.63) is 0 Å². The van der Waals surface area contributed by atoms with Crippen LogP contribution in [0.4, 0.5) is 4.79 Å². The van der Waals surface area contributed by atoms with E-state index >= 15 is 0 Å². The summed E-state index contributed by atoms with van der Waals surface area (Å²) in [7, 11) is 0. The third-order valence-corrected chi connectivity index (χ3v) is 3.47. The smallest absolute Gasteiger partial charge is 1.00 e. The number of carbonyl (C=O) groups excluding carboxylic acids is 1. The number of imide groups is 1. The molecule has 0 saturated carbocycles. The Labute approximate surface area is 224 Å². The number of hydrogen-bond donors (Lipinski definition) is 5. The monoisotopic (exact) mass is 469 g/mol. The Morgan fingerprint density at radius 2 is 1.06 bits per heavy atom. The first-order chi connectivity index (χ1) is 13.4. The summed E-state index contributed by atoms with van der Waals surface area (Å²) in [6.07, 6.45) is -0.0743. The molecule has 0 atom stereocenters. The van der Waals surface area contributed by atoms with Gasteiger partial charge in [0.2, 0.25) is 5.91 Å². The van der Waals surface area contributed by atoms with Crippen molar-refractivity contribution >= 4 is 35.9 Å². The van der Waals surface area contributed by atoms with Gasteiger partial charge in [0.15, 0.2) is 0 Å². The van der Waals surface area contributed by atoms with Crippen molar-refractivity contribution in [2.24, 2.45) is 0 Å². The molecule has 31 heavy (non-hydrogen) atoms. The Kier molecular flexibility index (Phi) is 20.3. The van der Waals surface area contributed by atoms with E-state index in [1.807, 2.05) is 0 Å². The molecular formula is C15H25N3Na2O11. The maximum Gasteiger partial charge on any atom is 1.00 e. The summed E-state index contributed by atoms with van der Waals surface area (Å²) < 4.78 is 0. The molecule has 0 unspecified atom stereocenters. The van der Waals surface area contributed by atoms with E-state index in [2.05, 4.69) is 0 Å². The number of carboxylic acid groups (broad SMARTS) is 5. The molecule has 168 valence electrons. The fourth-order valence-corrected chi connectivity index (χ4v) is 2.33. The summed E-state index contributed by atoms with van der Waals surface area (Å²) >= 11 is 0. The largest absolute Gasteiger partial charge is 1.00 e. The third-order valence-electron chi connectivity index (χ3n) is 3.47. The van der Waals surface area contributed by atoms with Crippen molar-refractivity contribution in [2.45, 2.75) is 12.8 Å². The van der Waals surface area contributed by atoms with Gasteiger partial charge in [-0.25, -0.2) is 9.69 Å². The molecule has 1 heterocycles. The second kappa shape index (κ2) is 18.3. The molecule has 2 amide bonds. The van der Waals surface area contributed by atoms with Crippen molar-refractivity contribution < 1.29 is 116 Å². The summed E-state index contributed by atoms with van der Waals surface area (Å²) in [6, 6.07) is 0. The molecule has 1 aliphatic rings. The average molecular weight is 469 g/mol. The number of rotatable bonds is 11. The van der Waals surface area contributed by atoms with Crippen LogP contribution < -0.4 is 59.1 Å². The number of likely N-dealkylation sites (tertiary alicyclic amines) is 1. The van der Waals surface area contributed by atoms with Crippen LogP contribution in [0.3, 0.4) is 0 Å². The topological polar surface area (TPSA) is 213 Å². The van der Waals surface area contributed by atoms with Gasteiger partial charge in [-0.1, -0.05) is 0 Å². The van der Waals surface area contributed by atoms with E-state index in [-0.39, 0.29) is 81.0 Å². The summed E-state index contributed by atoms with van der Waals surface area (Å²) in [5, 5.41) is 42.8. The van der Waals surface area contributed by atoms with Crippen molar-refractivity contribution in [3.63, 3.8) is 0 Å². The van der Waals surface area contributed by atoms with Gasteiger partial charge in [-0.2, -0.15) is 0 Å². The molecule has 0 spiro atoms. The second-order valence-electron chi connectivity index (χ2n) is 5.93. The molecule has 0 bridgehead atoms. The molecule has 16 heteroatoms. The van der Waals surface area contributed by atoms with E-state index in [0.717, 1.165) is 14.7 Å². The number of nitrogens with zero attached hydrogens (tertiary/aromatic N) is 3. The van der Waals surface area contributed by atoms with Crippen molar-refractivity contribution in [1.82, 2.24) is 14.7 Å². The first kappa shape index (κ1) is 34.4. The average Bonchev–Trinajstić information content (AvgIpc) is 2.97. The van der Waals surface area contributed by atoms with Gasteiger partial charge < -0.3 is 28.4 Å². The van der Waals surface area contributed by atoms with Crippen LogP contribution in [-0.4, -0.2) is 122 Å². The van der Waals surface area contributed by atoms with Gasteiger partial charge >= 0.3 is 89.1 Å². The third kappa shape index (κ3) is 18.1. The zero-order valence-electron chi connectivity index (χ0n) is 19.4. The molecule has 0 aromatic carbocycles. The molecular weight excluding hydrogens is 444 g/mol. The van der Waals surface area contributed by atoms with E-state index in [0.29, 0.717) is 19.4 Å². The van der Waals surface area contributed by atoms with Gasteiger partial charge in [-0.3, -0.25) is 33.8 Å². The Balaban J connectivity index is -0.000000171. The summed E-state index contributed by atoms with van der Waals surface area (Å²) in [5.74, 6) is -5.19. The minimum atomic E-state index is -1.23. The molecule has 0 radical (unpaired) electrons. The maximum absolute atomic E-state index is 10.6. The zero-order chi connectivity index (χ0) is 22.6. The number of aliphatic carboxylic acids is 4. The van der Waals surface area contributed by atoms with Crippen LogP contribution in [0.15, 0.2) is 0 Å². The molecule has 0 aromatic heterocycles. The quantitative estimate of drug-likeness (QED) is 0.178. The van der Waals surface area contributed by atoms with Gasteiger partial charge in [0.1, 0.15) is 0 Å². The Morgan fingerprint density at radius 3 is 1.23 bits per heavy atom. The molecule has 1 fully saturated rings. The summed E-state index contributed by atoms with van der Waals surface area (Å²) in [6.45, 7) is -1.88. The van der Waals surface area contributed by atoms with Crippen LogP contribution in [-0.2, 0) is 24.0 Å². The van der Waals surface area contributed by atoms with Crippen LogP contribution in [0.1, 0.15) is 15.7 Å². The predicted molar refractivity (Wildman–Crippen MR) is 94.6 cm³/mol. The SMILES string of the molecule is O=C(O)CN(CCN(CC(=O)O)CC(=O)O)CC(=O)O.O=C(O)N1CCCC1=O.[H-].[H-].[Na+].[Na+]. The van der Waals surface area contributed by atoms with Gasteiger partial charge in [-0.15, -0.1) is 0 Å². The van der Waals surface area contributed by atoms with E-state index in [4.69, 9.17) is 25.5 Å². The minimum Gasteiger partial charge on any atom is -1.00 e. The molecule has 0 aromatic rings. The van der Waals surface area contributed by atoms with Gasteiger partial charge in [0.05, 0.1) is 26.2 Å². The first-order valence-electron chi connectivity index (χ1n) is 8.27. The molecule has 1 aliphatic heterocycles. The normalized spacial score (nSPS) is 12.3. The standard InChI is InChI=1S/C10H16N2O8.C5H7NO3.2Na.2H/c13-7(14)3-11(4-8(15)16)1-2-12(5-9(17)18)6-10(19)20;7-4-2-1-3-6(4)5(8)9;;;;/h1-6H2,(H,13,14)(H,15,16)(H,17,18)(H,19,20);1-3H2,(H,8,9);;;;/q;;2*+1;2*-1. The van der Waals surface area contributed by atoms with E-state index in [1.54, 1.807) is 0 Å².